The zero-order valence-corrected chi connectivity index (χ0v) is 12.0. The van der Waals surface area contributed by atoms with Crippen LogP contribution in [-0.2, 0) is 9.53 Å². The van der Waals surface area contributed by atoms with Crippen LogP contribution in [0.1, 0.15) is 53.4 Å². The lowest BCUT2D eigenvalue weighted by Crippen LogP contribution is -2.29. The van der Waals surface area contributed by atoms with E-state index in [-0.39, 0.29) is 5.97 Å². The SMILES string of the molecule is C#CC(OC(=O)C(C)(C)C)C1=CCCCCC1C. The van der Waals surface area contributed by atoms with Crippen LogP contribution in [0, 0.1) is 23.7 Å². The second-order valence-electron chi connectivity index (χ2n) is 6.09. The van der Waals surface area contributed by atoms with Gasteiger partial charge in [-0.25, -0.2) is 0 Å². The van der Waals surface area contributed by atoms with Crippen molar-refractivity contribution in [2.75, 3.05) is 0 Å². The van der Waals surface area contributed by atoms with E-state index in [0.717, 1.165) is 18.4 Å². The molecule has 0 saturated carbocycles. The van der Waals surface area contributed by atoms with Crippen molar-refractivity contribution >= 4 is 5.97 Å². The molecule has 0 aromatic rings. The van der Waals surface area contributed by atoms with Crippen LogP contribution in [-0.4, -0.2) is 12.1 Å². The van der Waals surface area contributed by atoms with Gasteiger partial charge in [0.2, 0.25) is 0 Å². The number of carbonyl (C=O) groups is 1. The summed E-state index contributed by atoms with van der Waals surface area (Å²) in [5.41, 5.74) is 0.594. The molecular formula is C16H24O2. The largest absolute Gasteiger partial charge is 0.444 e. The predicted molar refractivity (Wildman–Crippen MR) is 73.9 cm³/mol. The second kappa shape index (κ2) is 6.09. The fraction of sp³-hybridized carbons (Fsp3) is 0.688. The minimum Gasteiger partial charge on any atom is -0.444 e. The monoisotopic (exact) mass is 248 g/mol. The molecule has 0 aromatic heterocycles. The quantitative estimate of drug-likeness (QED) is 0.423. The van der Waals surface area contributed by atoms with Crippen LogP contribution in [0.25, 0.3) is 0 Å². The highest BCUT2D eigenvalue weighted by atomic mass is 16.5. The number of ether oxygens (including phenoxy) is 1. The molecule has 0 fully saturated rings. The van der Waals surface area contributed by atoms with Gasteiger partial charge in [0.15, 0.2) is 6.10 Å². The number of hydrogen-bond acceptors (Lipinski definition) is 2. The number of allylic oxidation sites excluding steroid dienone is 1. The van der Waals surface area contributed by atoms with Crippen LogP contribution >= 0.6 is 0 Å². The molecule has 0 aliphatic heterocycles. The highest BCUT2D eigenvalue weighted by molar-refractivity contribution is 5.76. The summed E-state index contributed by atoms with van der Waals surface area (Å²) >= 11 is 0. The Morgan fingerprint density at radius 1 is 1.50 bits per heavy atom. The van der Waals surface area contributed by atoms with Crippen molar-refractivity contribution in [3.63, 3.8) is 0 Å². The molecule has 2 nitrogen and oxygen atoms in total. The molecule has 1 aliphatic rings. The van der Waals surface area contributed by atoms with E-state index in [1.165, 1.54) is 12.8 Å². The van der Waals surface area contributed by atoms with Crippen LogP contribution in [0.5, 0.6) is 0 Å². The van der Waals surface area contributed by atoms with Gasteiger partial charge in [-0.1, -0.05) is 25.3 Å². The Labute approximate surface area is 111 Å². The molecule has 2 heteroatoms. The maximum absolute atomic E-state index is 11.9. The van der Waals surface area contributed by atoms with Crippen LogP contribution in [0.3, 0.4) is 0 Å². The molecule has 18 heavy (non-hydrogen) atoms. The third-order valence-electron chi connectivity index (χ3n) is 3.33. The van der Waals surface area contributed by atoms with E-state index in [0.29, 0.717) is 5.92 Å². The highest BCUT2D eigenvalue weighted by Crippen LogP contribution is 2.28. The third-order valence-corrected chi connectivity index (χ3v) is 3.33. The lowest BCUT2D eigenvalue weighted by molar-refractivity contribution is -0.154. The normalized spacial score (nSPS) is 22.4. The van der Waals surface area contributed by atoms with E-state index in [2.05, 4.69) is 18.9 Å². The fourth-order valence-corrected chi connectivity index (χ4v) is 2.08. The molecule has 2 unspecified atom stereocenters. The third kappa shape index (κ3) is 3.91. The minimum atomic E-state index is -0.510. The molecule has 0 aromatic carbocycles. The summed E-state index contributed by atoms with van der Waals surface area (Å²) in [6.07, 6.45) is 11.8. The Balaban J connectivity index is 2.80. The van der Waals surface area contributed by atoms with Crippen molar-refractivity contribution in [3.05, 3.63) is 11.6 Å². The molecular weight excluding hydrogens is 224 g/mol. The number of carbonyl (C=O) groups excluding carboxylic acids is 1. The maximum Gasteiger partial charge on any atom is 0.312 e. The van der Waals surface area contributed by atoms with E-state index < -0.39 is 11.5 Å². The van der Waals surface area contributed by atoms with E-state index in [1.807, 2.05) is 20.8 Å². The summed E-state index contributed by atoms with van der Waals surface area (Å²) in [4.78, 5) is 11.9. The average Bonchev–Trinajstić information content (AvgIpc) is 2.49. The van der Waals surface area contributed by atoms with Crippen molar-refractivity contribution in [3.8, 4) is 12.3 Å². The minimum absolute atomic E-state index is 0.234. The van der Waals surface area contributed by atoms with Gasteiger partial charge in [0, 0.05) is 0 Å². The van der Waals surface area contributed by atoms with Crippen molar-refractivity contribution in [1.82, 2.24) is 0 Å². The molecule has 1 aliphatic carbocycles. The second-order valence-corrected chi connectivity index (χ2v) is 6.09. The first-order valence-electron chi connectivity index (χ1n) is 6.73. The molecule has 0 amide bonds. The number of hydrogen-bond donors (Lipinski definition) is 0. The molecule has 0 saturated heterocycles. The molecule has 2 atom stereocenters. The van der Waals surface area contributed by atoms with Crippen LogP contribution < -0.4 is 0 Å². The molecule has 0 bridgehead atoms. The summed E-state index contributed by atoms with van der Waals surface area (Å²) in [5, 5.41) is 0. The van der Waals surface area contributed by atoms with Gasteiger partial charge < -0.3 is 4.74 Å². The molecule has 0 N–H and O–H groups in total. The van der Waals surface area contributed by atoms with Crippen molar-refractivity contribution in [2.45, 2.75) is 59.5 Å². The summed E-state index contributed by atoms with van der Waals surface area (Å²) in [5.74, 6) is 2.79. The standard InChI is InChI=1S/C16H24O2/c1-6-14(18-15(17)16(3,4)5)13-11-9-7-8-10-12(13)2/h1,11-12,14H,7-10H2,2-5H3. The number of esters is 1. The Morgan fingerprint density at radius 2 is 2.17 bits per heavy atom. The average molecular weight is 248 g/mol. The van der Waals surface area contributed by atoms with Crippen LogP contribution in [0.4, 0.5) is 0 Å². The zero-order valence-electron chi connectivity index (χ0n) is 12.0. The summed E-state index contributed by atoms with van der Waals surface area (Å²) in [6.45, 7) is 7.68. The zero-order chi connectivity index (χ0) is 13.8. The Morgan fingerprint density at radius 3 is 2.72 bits per heavy atom. The van der Waals surface area contributed by atoms with E-state index >= 15 is 0 Å². The lowest BCUT2D eigenvalue weighted by Gasteiger charge is -2.24. The Bertz CT molecular complexity index is 366. The highest BCUT2D eigenvalue weighted by Gasteiger charge is 2.28. The van der Waals surface area contributed by atoms with Crippen LogP contribution in [0.2, 0.25) is 0 Å². The topological polar surface area (TPSA) is 26.3 Å². The van der Waals surface area contributed by atoms with Gasteiger partial charge in [-0.05, 0) is 51.5 Å². The van der Waals surface area contributed by atoms with Gasteiger partial charge in [-0.2, -0.15) is 0 Å². The molecule has 0 spiro atoms. The van der Waals surface area contributed by atoms with Gasteiger partial charge in [0.05, 0.1) is 5.41 Å². The van der Waals surface area contributed by atoms with Gasteiger partial charge in [-0.15, -0.1) is 6.42 Å². The van der Waals surface area contributed by atoms with Crippen molar-refractivity contribution in [1.29, 1.82) is 0 Å². The first-order chi connectivity index (χ1) is 8.36. The Kier molecular flexibility index (Phi) is 5.02. The summed E-state index contributed by atoms with van der Waals surface area (Å²) < 4.78 is 5.49. The fourth-order valence-electron chi connectivity index (χ4n) is 2.08. The van der Waals surface area contributed by atoms with Crippen LogP contribution in [0.15, 0.2) is 11.6 Å². The first-order valence-corrected chi connectivity index (χ1v) is 6.73. The van der Waals surface area contributed by atoms with Crippen molar-refractivity contribution < 1.29 is 9.53 Å². The summed E-state index contributed by atoms with van der Waals surface area (Å²) in [6, 6.07) is 0. The Hall–Kier alpha value is -1.23. The molecule has 1 rings (SSSR count). The van der Waals surface area contributed by atoms with Gasteiger partial charge in [0.25, 0.3) is 0 Å². The lowest BCUT2D eigenvalue weighted by atomic mass is 9.92. The van der Waals surface area contributed by atoms with Crippen molar-refractivity contribution in [2.24, 2.45) is 11.3 Å². The number of terminal acetylenes is 1. The first kappa shape index (κ1) is 14.8. The molecule has 0 heterocycles. The predicted octanol–water partition coefficient (Wildman–Crippen LogP) is 3.71. The van der Waals surface area contributed by atoms with E-state index in [4.69, 9.17) is 11.2 Å². The smallest absolute Gasteiger partial charge is 0.312 e. The van der Waals surface area contributed by atoms with E-state index in [1.54, 1.807) is 0 Å². The van der Waals surface area contributed by atoms with Gasteiger partial charge in [-0.3, -0.25) is 4.79 Å². The van der Waals surface area contributed by atoms with Gasteiger partial charge >= 0.3 is 5.97 Å². The van der Waals surface area contributed by atoms with E-state index in [9.17, 15) is 4.79 Å². The summed E-state index contributed by atoms with van der Waals surface area (Å²) in [7, 11) is 0. The molecule has 0 radical (unpaired) electrons. The maximum atomic E-state index is 11.9. The number of rotatable bonds is 2. The molecule has 100 valence electrons. The van der Waals surface area contributed by atoms with Gasteiger partial charge in [0.1, 0.15) is 0 Å².